The number of pyridine rings is 1. The third-order valence-corrected chi connectivity index (χ3v) is 3.41. The first kappa shape index (κ1) is 14.4. The van der Waals surface area contributed by atoms with Crippen LogP contribution in [0.15, 0.2) is 35.8 Å². The van der Waals surface area contributed by atoms with E-state index in [2.05, 4.69) is 32.3 Å². The normalized spacial score (nSPS) is 11.1. The molecule has 7 heteroatoms. The molecule has 0 saturated heterocycles. The fraction of sp³-hybridized carbons (Fsp3) is 0.333. The van der Waals surface area contributed by atoms with Gasteiger partial charge < -0.3 is 10.3 Å². The van der Waals surface area contributed by atoms with Crippen molar-refractivity contribution in [2.75, 3.05) is 13.1 Å². The summed E-state index contributed by atoms with van der Waals surface area (Å²) in [4.78, 5) is 22.9. The first-order valence-corrected chi connectivity index (χ1v) is 7.36. The topological polar surface area (TPSA) is 88.5 Å². The van der Waals surface area contributed by atoms with Gasteiger partial charge in [-0.25, -0.2) is 14.6 Å². The molecular weight excluding hydrogens is 280 g/mol. The van der Waals surface area contributed by atoms with Gasteiger partial charge in [0.2, 0.25) is 0 Å². The average Bonchev–Trinajstić information content (AvgIpc) is 3.00. The molecule has 0 fully saturated rings. The lowest BCUT2D eigenvalue weighted by molar-refractivity contribution is 0.671. The number of fused-ring (bicyclic) bond motifs is 1. The lowest BCUT2D eigenvalue weighted by Gasteiger charge is -2.03. The van der Waals surface area contributed by atoms with E-state index in [9.17, 15) is 4.79 Å². The summed E-state index contributed by atoms with van der Waals surface area (Å²) in [7, 11) is 0. The predicted octanol–water partition coefficient (Wildman–Crippen LogP) is 1.05. The van der Waals surface area contributed by atoms with Crippen LogP contribution in [0, 0.1) is 0 Å². The van der Waals surface area contributed by atoms with Gasteiger partial charge in [0.05, 0.1) is 17.9 Å². The Morgan fingerprint density at radius 1 is 1.32 bits per heavy atom. The second kappa shape index (κ2) is 6.48. The summed E-state index contributed by atoms with van der Waals surface area (Å²) < 4.78 is 1.67. The molecule has 114 valence electrons. The molecule has 3 aromatic heterocycles. The van der Waals surface area contributed by atoms with E-state index in [0.717, 1.165) is 31.5 Å². The van der Waals surface area contributed by atoms with Crippen LogP contribution in [0.3, 0.4) is 0 Å². The van der Waals surface area contributed by atoms with Crippen LogP contribution in [0.1, 0.15) is 18.9 Å². The standard InChI is InChI=1S/C15H18N6O/c1-2-5-16-6-3-11-8-20-21(9-11)14-13-12(4-7-17-14)15(22)19-10-18-13/h4,7-10,16H,2-3,5-6H2,1H3,(H,18,19,22). The summed E-state index contributed by atoms with van der Waals surface area (Å²) >= 11 is 0. The van der Waals surface area contributed by atoms with E-state index >= 15 is 0 Å². The SMILES string of the molecule is CCCNCCc1cnn(-c2nccc3c(=O)[nH]cnc23)c1. The molecule has 7 nitrogen and oxygen atoms in total. The van der Waals surface area contributed by atoms with Gasteiger partial charge in [-0.05, 0) is 37.6 Å². The Labute approximate surface area is 127 Å². The summed E-state index contributed by atoms with van der Waals surface area (Å²) in [5.41, 5.74) is 1.49. The summed E-state index contributed by atoms with van der Waals surface area (Å²) in [5.74, 6) is 0.566. The van der Waals surface area contributed by atoms with E-state index in [0.29, 0.717) is 16.7 Å². The maximum Gasteiger partial charge on any atom is 0.258 e. The van der Waals surface area contributed by atoms with Crippen molar-refractivity contribution in [2.45, 2.75) is 19.8 Å². The Morgan fingerprint density at radius 2 is 2.23 bits per heavy atom. The van der Waals surface area contributed by atoms with Crippen LogP contribution in [0.5, 0.6) is 0 Å². The average molecular weight is 298 g/mol. The third-order valence-electron chi connectivity index (χ3n) is 3.41. The number of aromatic nitrogens is 5. The first-order chi connectivity index (χ1) is 10.8. The first-order valence-electron chi connectivity index (χ1n) is 7.36. The van der Waals surface area contributed by atoms with Gasteiger partial charge in [-0.2, -0.15) is 5.10 Å². The number of aromatic amines is 1. The number of nitrogens with one attached hydrogen (secondary N) is 2. The molecule has 0 amide bonds. The van der Waals surface area contributed by atoms with Gasteiger partial charge >= 0.3 is 0 Å². The van der Waals surface area contributed by atoms with Crippen LogP contribution >= 0.6 is 0 Å². The van der Waals surface area contributed by atoms with Crippen molar-refractivity contribution < 1.29 is 0 Å². The molecule has 3 heterocycles. The quantitative estimate of drug-likeness (QED) is 0.664. The van der Waals surface area contributed by atoms with Crippen molar-refractivity contribution in [1.82, 2.24) is 30.0 Å². The van der Waals surface area contributed by atoms with E-state index in [1.165, 1.54) is 6.33 Å². The Morgan fingerprint density at radius 3 is 3.09 bits per heavy atom. The molecule has 0 aliphatic heterocycles. The molecule has 3 aromatic rings. The summed E-state index contributed by atoms with van der Waals surface area (Å²) in [6, 6.07) is 1.66. The molecule has 22 heavy (non-hydrogen) atoms. The zero-order valence-corrected chi connectivity index (χ0v) is 12.4. The minimum Gasteiger partial charge on any atom is -0.316 e. The lowest BCUT2D eigenvalue weighted by Crippen LogP contribution is -2.17. The van der Waals surface area contributed by atoms with Crippen LogP contribution < -0.4 is 10.9 Å². The minimum absolute atomic E-state index is 0.176. The van der Waals surface area contributed by atoms with Crippen LogP contribution in [0.2, 0.25) is 0 Å². The summed E-state index contributed by atoms with van der Waals surface area (Å²) in [6.07, 6.45) is 8.76. The molecule has 0 radical (unpaired) electrons. The van der Waals surface area contributed by atoms with E-state index in [-0.39, 0.29) is 5.56 Å². The predicted molar refractivity (Wildman–Crippen MR) is 84.1 cm³/mol. The fourth-order valence-electron chi connectivity index (χ4n) is 2.29. The Hall–Kier alpha value is -2.54. The molecule has 0 aromatic carbocycles. The van der Waals surface area contributed by atoms with Crippen LogP contribution in [-0.2, 0) is 6.42 Å². The highest BCUT2D eigenvalue weighted by Crippen LogP contribution is 2.14. The van der Waals surface area contributed by atoms with Gasteiger partial charge in [-0.3, -0.25) is 4.79 Å². The van der Waals surface area contributed by atoms with E-state index < -0.39 is 0 Å². The zero-order chi connectivity index (χ0) is 15.4. The van der Waals surface area contributed by atoms with Crippen molar-refractivity contribution in [3.8, 4) is 5.82 Å². The Bertz CT molecular complexity index is 822. The van der Waals surface area contributed by atoms with Gasteiger partial charge in [0.25, 0.3) is 5.56 Å². The van der Waals surface area contributed by atoms with Gasteiger partial charge in [-0.15, -0.1) is 0 Å². The van der Waals surface area contributed by atoms with Crippen LogP contribution in [-0.4, -0.2) is 37.8 Å². The van der Waals surface area contributed by atoms with E-state index in [1.54, 1.807) is 16.9 Å². The van der Waals surface area contributed by atoms with Gasteiger partial charge in [0, 0.05) is 12.4 Å². The number of hydrogen-bond donors (Lipinski definition) is 2. The van der Waals surface area contributed by atoms with Crippen LogP contribution in [0.25, 0.3) is 16.7 Å². The highest BCUT2D eigenvalue weighted by atomic mass is 16.1. The highest BCUT2D eigenvalue weighted by molar-refractivity contribution is 5.83. The van der Waals surface area contributed by atoms with Crippen molar-refractivity contribution >= 4 is 10.9 Å². The Kier molecular flexibility index (Phi) is 4.24. The molecule has 0 unspecified atom stereocenters. The summed E-state index contributed by atoms with van der Waals surface area (Å²) in [6.45, 7) is 4.08. The monoisotopic (exact) mass is 298 g/mol. The van der Waals surface area contributed by atoms with E-state index in [1.807, 2.05) is 12.4 Å². The molecule has 0 saturated carbocycles. The number of H-pyrrole nitrogens is 1. The van der Waals surface area contributed by atoms with Crippen molar-refractivity contribution in [3.63, 3.8) is 0 Å². The maximum atomic E-state index is 11.8. The highest BCUT2D eigenvalue weighted by Gasteiger charge is 2.09. The Balaban J connectivity index is 1.87. The summed E-state index contributed by atoms with van der Waals surface area (Å²) in [5, 5.41) is 8.21. The second-order valence-electron chi connectivity index (χ2n) is 5.06. The molecule has 2 N–H and O–H groups in total. The molecule has 0 spiro atoms. The molecular formula is C15H18N6O. The van der Waals surface area contributed by atoms with Crippen molar-refractivity contribution in [3.05, 3.63) is 46.9 Å². The lowest BCUT2D eigenvalue weighted by atomic mass is 10.2. The molecule has 0 aliphatic carbocycles. The zero-order valence-electron chi connectivity index (χ0n) is 12.4. The maximum absolute atomic E-state index is 11.8. The van der Waals surface area contributed by atoms with Crippen molar-refractivity contribution in [1.29, 1.82) is 0 Å². The molecule has 0 aliphatic rings. The molecule has 0 bridgehead atoms. The molecule has 3 rings (SSSR count). The van der Waals surface area contributed by atoms with Gasteiger partial charge in [0.1, 0.15) is 5.52 Å². The van der Waals surface area contributed by atoms with Gasteiger partial charge in [-0.1, -0.05) is 6.92 Å². The smallest absolute Gasteiger partial charge is 0.258 e. The second-order valence-corrected chi connectivity index (χ2v) is 5.06. The molecule has 0 atom stereocenters. The van der Waals surface area contributed by atoms with Crippen molar-refractivity contribution in [2.24, 2.45) is 0 Å². The van der Waals surface area contributed by atoms with Crippen LogP contribution in [0.4, 0.5) is 0 Å². The number of nitrogens with zero attached hydrogens (tertiary/aromatic N) is 4. The largest absolute Gasteiger partial charge is 0.316 e. The minimum atomic E-state index is -0.176. The fourth-order valence-corrected chi connectivity index (χ4v) is 2.29. The third kappa shape index (κ3) is 2.89. The number of hydrogen-bond acceptors (Lipinski definition) is 5. The van der Waals surface area contributed by atoms with Gasteiger partial charge in [0.15, 0.2) is 5.82 Å². The van der Waals surface area contributed by atoms with E-state index in [4.69, 9.17) is 0 Å². The number of rotatable bonds is 6.